The van der Waals surface area contributed by atoms with Crippen molar-refractivity contribution in [2.75, 3.05) is 0 Å². The highest BCUT2D eigenvalue weighted by molar-refractivity contribution is 7.78. The van der Waals surface area contributed by atoms with Crippen LogP contribution in [0.25, 0.3) is 0 Å². The van der Waals surface area contributed by atoms with Crippen LogP contribution in [0, 0.1) is 0 Å². The van der Waals surface area contributed by atoms with Crippen LogP contribution in [0.4, 0.5) is 0 Å². The van der Waals surface area contributed by atoms with Gasteiger partial charge in [0.25, 0.3) is 0 Å². The molecule has 0 fully saturated rings. The summed E-state index contributed by atoms with van der Waals surface area (Å²) < 4.78 is 0. The standard InChI is InChI=1S/C16H30S/c1-2-3-4-5-6-7-8-9-10-11-12-13-14-15-16-17/h15H,2-14H2,1H3. The second-order valence-corrected chi connectivity index (χ2v) is 5.24. The molecule has 0 atom stereocenters. The van der Waals surface area contributed by atoms with E-state index >= 15 is 0 Å². The molecule has 0 aromatic carbocycles. The average molecular weight is 254 g/mol. The SMILES string of the molecule is CCCCCCCCCCCCCCC=C=S. The first kappa shape index (κ1) is 16.9. The van der Waals surface area contributed by atoms with Gasteiger partial charge < -0.3 is 0 Å². The van der Waals surface area contributed by atoms with Crippen molar-refractivity contribution in [2.24, 2.45) is 0 Å². The molecule has 1 heteroatoms. The van der Waals surface area contributed by atoms with Crippen LogP contribution >= 0.6 is 12.2 Å². The van der Waals surface area contributed by atoms with E-state index in [-0.39, 0.29) is 0 Å². The summed E-state index contributed by atoms with van der Waals surface area (Å²) in [6.07, 6.45) is 20.1. The Bertz CT molecular complexity index is 180. The molecule has 0 heterocycles. The smallest absolute Gasteiger partial charge is 0.0266 e. The first-order valence-electron chi connectivity index (χ1n) is 7.61. The van der Waals surface area contributed by atoms with E-state index < -0.39 is 0 Å². The molecule has 0 aliphatic heterocycles. The highest BCUT2D eigenvalue weighted by atomic mass is 32.1. The Hall–Kier alpha value is -0.130. The Morgan fingerprint density at radius 3 is 1.53 bits per heavy atom. The summed E-state index contributed by atoms with van der Waals surface area (Å²) in [6, 6.07) is 0. The summed E-state index contributed by atoms with van der Waals surface area (Å²) in [4.78, 5) is 0. The summed E-state index contributed by atoms with van der Waals surface area (Å²) in [5.41, 5.74) is 0. The zero-order valence-electron chi connectivity index (χ0n) is 11.7. The number of hydrogen-bond donors (Lipinski definition) is 0. The lowest BCUT2D eigenvalue weighted by Crippen LogP contribution is -1.82. The van der Waals surface area contributed by atoms with Gasteiger partial charge in [0.1, 0.15) is 0 Å². The Kier molecular flexibility index (Phi) is 15.7. The lowest BCUT2D eigenvalue weighted by Gasteiger charge is -2.01. The molecule has 0 aromatic heterocycles. The molecule has 0 rings (SSSR count). The number of allylic oxidation sites excluding steroid dienone is 1. The van der Waals surface area contributed by atoms with Crippen molar-refractivity contribution in [3.8, 4) is 0 Å². The maximum absolute atomic E-state index is 4.63. The summed E-state index contributed by atoms with van der Waals surface area (Å²) in [5.74, 6) is 0. The van der Waals surface area contributed by atoms with E-state index in [9.17, 15) is 0 Å². The van der Waals surface area contributed by atoms with Crippen molar-refractivity contribution >= 4 is 17.2 Å². The largest absolute Gasteiger partial charge is 0.0654 e. The van der Waals surface area contributed by atoms with Crippen molar-refractivity contribution < 1.29 is 0 Å². The van der Waals surface area contributed by atoms with Gasteiger partial charge in [0, 0.05) is 0 Å². The predicted molar refractivity (Wildman–Crippen MR) is 82.9 cm³/mol. The summed E-state index contributed by atoms with van der Waals surface area (Å²) in [7, 11) is 0. The van der Waals surface area contributed by atoms with Gasteiger partial charge in [-0.1, -0.05) is 82.6 Å². The topological polar surface area (TPSA) is 0 Å². The highest BCUT2D eigenvalue weighted by Crippen LogP contribution is 2.12. The van der Waals surface area contributed by atoms with Crippen molar-refractivity contribution in [1.29, 1.82) is 0 Å². The average Bonchev–Trinajstić information content (AvgIpc) is 2.35. The molecule has 0 bridgehead atoms. The van der Waals surface area contributed by atoms with Crippen LogP contribution in [-0.2, 0) is 0 Å². The monoisotopic (exact) mass is 254 g/mol. The molecule has 0 saturated heterocycles. The van der Waals surface area contributed by atoms with E-state index in [1.165, 1.54) is 77.0 Å². The normalized spacial score (nSPS) is 10.2. The fourth-order valence-corrected chi connectivity index (χ4v) is 2.26. The molecule has 0 amide bonds. The van der Waals surface area contributed by atoms with Gasteiger partial charge in [-0.3, -0.25) is 0 Å². The summed E-state index contributed by atoms with van der Waals surface area (Å²) in [5, 5.41) is 2.67. The summed E-state index contributed by atoms with van der Waals surface area (Å²) in [6.45, 7) is 2.28. The fourth-order valence-electron chi connectivity index (χ4n) is 2.15. The first-order valence-corrected chi connectivity index (χ1v) is 8.02. The molecule has 0 radical (unpaired) electrons. The van der Waals surface area contributed by atoms with Crippen LogP contribution < -0.4 is 0 Å². The third-order valence-corrected chi connectivity index (χ3v) is 3.45. The lowest BCUT2D eigenvalue weighted by molar-refractivity contribution is 0.545. The van der Waals surface area contributed by atoms with Crippen LogP contribution in [0.3, 0.4) is 0 Å². The van der Waals surface area contributed by atoms with Gasteiger partial charge >= 0.3 is 0 Å². The highest BCUT2D eigenvalue weighted by Gasteiger charge is 1.92. The van der Waals surface area contributed by atoms with Gasteiger partial charge in [0.15, 0.2) is 0 Å². The number of hydrogen-bond acceptors (Lipinski definition) is 1. The molecule has 0 saturated carbocycles. The number of rotatable bonds is 13. The maximum Gasteiger partial charge on any atom is -0.0266 e. The fraction of sp³-hybridized carbons (Fsp3) is 0.875. The molecular formula is C16H30S. The van der Waals surface area contributed by atoms with Gasteiger partial charge in [-0.2, -0.15) is 0 Å². The minimum Gasteiger partial charge on any atom is -0.0654 e. The molecule has 0 aliphatic carbocycles. The predicted octanol–water partition coefficient (Wildman–Crippen LogP) is 6.23. The first-order chi connectivity index (χ1) is 8.41. The molecule has 17 heavy (non-hydrogen) atoms. The van der Waals surface area contributed by atoms with Crippen molar-refractivity contribution in [3.05, 3.63) is 6.08 Å². The third kappa shape index (κ3) is 15.9. The third-order valence-electron chi connectivity index (χ3n) is 3.29. The Balaban J connectivity index is 2.91. The van der Waals surface area contributed by atoms with Crippen LogP contribution in [-0.4, -0.2) is 5.02 Å². The van der Waals surface area contributed by atoms with Crippen molar-refractivity contribution in [2.45, 2.75) is 90.4 Å². The quantitative estimate of drug-likeness (QED) is 0.277. The maximum atomic E-state index is 4.63. The van der Waals surface area contributed by atoms with E-state index in [0.29, 0.717) is 0 Å². The van der Waals surface area contributed by atoms with Crippen molar-refractivity contribution in [3.63, 3.8) is 0 Å². The molecule has 100 valence electrons. The van der Waals surface area contributed by atoms with Crippen LogP contribution in [0.1, 0.15) is 90.4 Å². The second kappa shape index (κ2) is 15.9. The van der Waals surface area contributed by atoms with E-state index in [2.05, 4.69) is 24.2 Å². The van der Waals surface area contributed by atoms with E-state index in [1.54, 1.807) is 0 Å². The molecule has 0 N–H and O–H groups in total. The van der Waals surface area contributed by atoms with Gasteiger partial charge in [-0.25, -0.2) is 0 Å². The Morgan fingerprint density at radius 1 is 0.706 bits per heavy atom. The zero-order valence-corrected chi connectivity index (χ0v) is 12.5. The minimum atomic E-state index is 1.13. The Morgan fingerprint density at radius 2 is 1.12 bits per heavy atom. The lowest BCUT2D eigenvalue weighted by atomic mass is 10.0. The molecular weight excluding hydrogens is 224 g/mol. The van der Waals surface area contributed by atoms with Crippen LogP contribution in [0.5, 0.6) is 0 Å². The minimum absolute atomic E-state index is 1.13. The van der Waals surface area contributed by atoms with Crippen LogP contribution in [0.2, 0.25) is 0 Å². The number of thiocarbonyl (C=S) groups is 1. The summed E-state index contributed by atoms with van der Waals surface area (Å²) >= 11 is 4.63. The molecule has 0 spiro atoms. The second-order valence-electron chi connectivity index (χ2n) is 5.00. The van der Waals surface area contributed by atoms with Gasteiger partial charge in [0.2, 0.25) is 0 Å². The van der Waals surface area contributed by atoms with E-state index in [1.807, 2.05) is 6.08 Å². The molecule has 0 aromatic rings. The van der Waals surface area contributed by atoms with Gasteiger partial charge in [0.05, 0.1) is 0 Å². The van der Waals surface area contributed by atoms with Crippen molar-refractivity contribution in [1.82, 2.24) is 0 Å². The Labute approximate surface area is 114 Å². The zero-order chi connectivity index (χ0) is 12.6. The van der Waals surface area contributed by atoms with Crippen LogP contribution in [0.15, 0.2) is 6.08 Å². The number of unbranched alkanes of at least 4 members (excludes halogenated alkanes) is 12. The van der Waals surface area contributed by atoms with E-state index in [0.717, 1.165) is 6.42 Å². The molecule has 0 unspecified atom stereocenters. The molecule has 0 aliphatic rings. The van der Waals surface area contributed by atoms with Gasteiger partial charge in [-0.15, -0.1) is 0 Å². The molecule has 0 nitrogen and oxygen atoms in total. The van der Waals surface area contributed by atoms with Gasteiger partial charge in [-0.05, 0) is 31.1 Å². The van der Waals surface area contributed by atoms with E-state index in [4.69, 9.17) is 0 Å².